The molecular weight excluding hydrogens is 342 g/mol. The largest absolute Gasteiger partial charge is 0.338 e. The van der Waals surface area contributed by atoms with Crippen LogP contribution in [0.5, 0.6) is 0 Å². The summed E-state index contributed by atoms with van der Waals surface area (Å²) in [5, 5.41) is 10.8. The van der Waals surface area contributed by atoms with Crippen LogP contribution >= 0.6 is 11.8 Å². The predicted octanol–water partition coefficient (Wildman–Crippen LogP) is 1.68. The van der Waals surface area contributed by atoms with Crippen LogP contribution in [0.4, 0.5) is 5.88 Å². The zero-order chi connectivity index (χ0) is 17.2. The lowest BCUT2D eigenvalue weighted by Gasteiger charge is -2.07. The molecule has 4 heterocycles. The van der Waals surface area contributed by atoms with Crippen LogP contribution in [0.3, 0.4) is 0 Å². The first-order valence-corrected chi connectivity index (χ1v) is 8.70. The van der Waals surface area contributed by atoms with Crippen LogP contribution in [0.15, 0.2) is 46.0 Å². The van der Waals surface area contributed by atoms with Gasteiger partial charge in [-0.1, -0.05) is 5.16 Å². The SMILES string of the molecule is O=C(Cn1nc(-c2cccnc2)ccc1=O)Nc1onc2c1CSC2. The number of amides is 1. The third-order valence-electron chi connectivity index (χ3n) is 3.72. The number of aromatic nitrogens is 4. The first kappa shape index (κ1) is 15.6. The Morgan fingerprint density at radius 2 is 2.24 bits per heavy atom. The summed E-state index contributed by atoms with van der Waals surface area (Å²) < 4.78 is 6.27. The van der Waals surface area contributed by atoms with E-state index in [1.165, 1.54) is 6.07 Å². The van der Waals surface area contributed by atoms with Crippen LogP contribution < -0.4 is 10.9 Å². The molecule has 0 fully saturated rings. The average Bonchev–Trinajstić information content (AvgIpc) is 3.23. The highest BCUT2D eigenvalue weighted by molar-refractivity contribution is 7.98. The van der Waals surface area contributed by atoms with Crippen molar-refractivity contribution in [1.29, 1.82) is 0 Å². The van der Waals surface area contributed by atoms with Crippen molar-refractivity contribution >= 4 is 23.6 Å². The average molecular weight is 355 g/mol. The quantitative estimate of drug-likeness (QED) is 0.759. The minimum Gasteiger partial charge on any atom is -0.338 e. The van der Waals surface area contributed by atoms with Gasteiger partial charge in [-0.25, -0.2) is 4.68 Å². The van der Waals surface area contributed by atoms with Crippen molar-refractivity contribution in [2.45, 2.75) is 18.1 Å². The van der Waals surface area contributed by atoms with Crippen molar-refractivity contribution in [3.63, 3.8) is 0 Å². The van der Waals surface area contributed by atoms with Gasteiger partial charge in [-0.15, -0.1) is 0 Å². The number of anilines is 1. The Balaban J connectivity index is 1.54. The second-order valence-electron chi connectivity index (χ2n) is 5.43. The molecular formula is C16H13N5O3S. The summed E-state index contributed by atoms with van der Waals surface area (Å²) in [7, 11) is 0. The lowest BCUT2D eigenvalue weighted by molar-refractivity contribution is -0.117. The Hall–Kier alpha value is -2.94. The highest BCUT2D eigenvalue weighted by Gasteiger charge is 2.23. The summed E-state index contributed by atoms with van der Waals surface area (Å²) in [6.07, 6.45) is 3.30. The summed E-state index contributed by atoms with van der Waals surface area (Å²) in [6.45, 7) is -0.213. The maximum Gasteiger partial charge on any atom is 0.267 e. The van der Waals surface area contributed by atoms with E-state index in [0.29, 0.717) is 11.6 Å². The minimum atomic E-state index is -0.395. The van der Waals surface area contributed by atoms with E-state index < -0.39 is 5.91 Å². The standard InChI is InChI=1S/C16H13N5O3S/c22-14(18-16-11-8-25-9-13(11)20-24-16)7-21-15(23)4-3-12(19-21)10-2-1-5-17-6-10/h1-6H,7-9H2,(H,18,22). The Labute approximate surface area is 146 Å². The molecule has 0 radical (unpaired) electrons. The van der Waals surface area contributed by atoms with E-state index in [4.69, 9.17) is 4.52 Å². The first-order valence-electron chi connectivity index (χ1n) is 7.54. The van der Waals surface area contributed by atoms with Gasteiger partial charge in [0.2, 0.25) is 11.8 Å². The van der Waals surface area contributed by atoms with Crippen LogP contribution in [0, 0.1) is 0 Å². The molecule has 3 aromatic rings. The number of fused-ring (bicyclic) bond motifs is 1. The summed E-state index contributed by atoms with van der Waals surface area (Å²) in [5.41, 5.74) is 2.73. The fourth-order valence-corrected chi connectivity index (χ4v) is 3.51. The Morgan fingerprint density at radius 1 is 1.32 bits per heavy atom. The van der Waals surface area contributed by atoms with Gasteiger partial charge in [0.15, 0.2) is 0 Å². The molecule has 0 bridgehead atoms. The van der Waals surface area contributed by atoms with E-state index in [1.807, 2.05) is 6.07 Å². The molecule has 3 aromatic heterocycles. The van der Waals surface area contributed by atoms with E-state index in [0.717, 1.165) is 33.0 Å². The number of hydrogen-bond donors (Lipinski definition) is 1. The molecule has 8 nitrogen and oxygen atoms in total. The van der Waals surface area contributed by atoms with Gasteiger partial charge in [0.1, 0.15) is 6.54 Å². The van der Waals surface area contributed by atoms with E-state index in [9.17, 15) is 9.59 Å². The number of nitrogens with one attached hydrogen (secondary N) is 1. The topological polar surface area (TPSA) is 103 Å². The Bertz CT molecular complexity index is 983. The van der Waals surface area contributed by atoms with Crippen molar-refractivity contribution in [3.05, 3.63) is 58.3 Å². The number of thioether (sulfide) groups is 1. The molecule has 25 heavy (non-hydrogen) atoms. The Morgan fingerprint density at radius 3 is 3.08 bits per heavy atom. The number of nitrogens with zero attached hydrogens (tertiary/aromatic N) is 4. The molecule has 1 N–H and O–H groups in total. The first-order chi connectivity index (χ1) is 12.2. The fourth-order valence-electron chi connectivity index (χ4n) is 2.48. The van der Waals surface area contributed by atoms with Gasteiger partial charge < -0.3 is 4.52 Å². The van der Waals surface area contributed by atoms with Crippen molar-refractivity contribution in [2.75, 3.05) is 5.32 Å². The van der Waals surface area contributed by atoms with Crippen LogP contribution in [0.25, 0.3) is 11.3 Å². The summed E-state index contributed by atoms with van der Waals surface area (Å²) in [5.74, 6) is 1.49. The number of carbonyl (C=O) groups is 1. The maximum atomic E-state index is 12.3. The highest BCUT2D eigenvalue weighted by Crippen LogP contribution is 2.34. The lowest BCUT2D eigenvalue weighted by atomic mass is 10.2. The predicted molar refractivity (Wildman–Crippen MR) is 91.9 cm³/mol. The van der Waals surface area contributed by atoms with Crippen molar-refractivity contribution in [3.8, 4) is 11.3 Å². The zero-order valence-electron chi connectivity index (χ0n) is 13.0. The number of hydrogen-bond acceptors (Lipinski definition) is 7. The zero-order valence-corrected chi connectivity index (χ0v) is 13.8. The van der Waals surface area contributed by atoms with Gasteiger partial charge in [-0.05, 0) is 18.2 Å². The molecule has 0 saturated heterocycles. The van der Waals surface area contributed by atoms with Gasteiger partial charge in [0.05, 0.1) is 17.0 Å². The maximum absolute atomic E-state index is 12.3. The smallest absolute Gasteiger partial charge is 0.267 e. The molecule has 126 valence electrons. The molecule has 4 rings (SSSR count). The monoisotopic (exact) mass is 355 g/mol. The van der Waals surface area contributed by atoms with Crippen molar-refractivity contribution in [2.24, 2.45) is 0 Å². The normalized spacial score (nSPS) is 12.8. The van der Waals surface area contributed by atoms with Crippen molar-refractivity contribution in [1.82, 2.24) is 19.9 Å². The lowest BCUT2D eigenvalue weighted by Crippen LogP contribution is -2.29. The molecule has 1 amide bonds. The van der Waals surface area contributed by atoms with E-state index in [2.05, 4.69) is 20.6 Å². The van der Waals surface area contributed by atoms with Crippen LogP contribution in [0.1, 0.15) is 11.3 Å². The number of pyridine rings is 1. The van der Waals surface area contributed by atoms with Gasteiger partial charge in [-0.2, -0.15) is 16.9 Å². The van der Waals surface area contributed by atoms with Gasteiger partial charge in [0, 0.05) is 35.5 Å². The van der Waals surface area contributed by atoms with E-state index in [-0.39, 0.29) is 12.1 Å². The van der Waals surface area contributed by atoms with Crippen LogP contribution in [-0.4, -0.2) is 25.8 Å². The molecule has 9 heteroatoms. The molecule has 0 saturated carbocycles. The summed E-state index contributed by atoms with van der Waals surface area (Å²) in [6, 6.07) is 6.60. The molecule has 0 spiro atoms. The summed E-state index contributed by atoms with van der Waals surface area (Å²) in [4.78, 5) is 28.3. The van der Waals surface area contributed by atoms with Gasteiger partial charge in [-0.3, -0.25) is 19.9 Å². The second kappa shape index (κ2) is 6.52. The second-order valence-corrected chi connectivity index (χ2v) is 6.42. The Kier molecular flexibility index (Phi) is 4.06. The minimum absolute atomic E-state index is 0.213. The molecule has 1 aliphatic rings. The molecule has 0 atom stereocenters. The van der Waals surface area contributed by atoms with Gasteiger partial charge >= 0.3 is 0 Å². The third kappa shape index (κ3) is 3.18. The number of rotatable bonds is 4. The van der Waals surface area contributed by atoms with Crippen LogP contribution in [-0.2, 0) is 22.8 Å². The van der Waals surface area contributed by atoms with Crippen LogP contribution in [0.2, 0.25) is 0 Å². The number of carbonyl (C=O) groups excluding carboxylic acids is 1. The van der Waals surface area contributed by atoms with Gasteiger partial charge in [0.25, 0.3) is 5.56 Å². The van der Waals surface area contributed by atoms with E-state index >= 15 is 0 Å². The summed E-state index contributed by atoms with van der Waals surface area (Å²) >= 11 is 1.71. The van der Waals surface area contributed by atoms with Crippen molar-refractivity contribution < 1.29 is 9.32 Å². The highest BCUT2D eigenvalue weighted by atomic mass is 32.2. The third-order valence-corrected chi connectivity index (χ3v) is 4.70. The molecule has 0 unspecified atom stereocenters. The van der Waals surface area contributed by atoms with E-state index in [1.54, 1.807) is 36.3 Å². The molecule has 0 aromatic carbocycles. The fraction of sp³-hybridized carbons (Fsp3) is 0.188. The molecule has 1 aliphatic heterocycles. The molecule has 0 aliphatic carbocycles.